The Morgan fingerprint density at radius 3 is 2.23 bits per heavy atom. The zero-order valence-corrected chi connectivity index (χ0v) is 17.1. The first-order valence-corrected chi connectivity index (χ1v) is 9.29. The highest BCUT2D eigenvalue weighted by molar-refractivity contribution is 5.78. The van der Waals surface area contributed by atoms with Crippen LogP contribution in [-0.2, 0) is 4.79 Å². The maximum atomic E-state index is 12.4. The molecule has 2 aromatic rings. The van der Waals surface area contributed by atoms with Crippen molar-refractivity contribution >= 4 is 5.91 Å². The van der Waals surface area contributed by atoms with Crippen LogP contribution < -0.4 is 10.1 Å². The molecule has 26 heavy (non-hydrogen) atoms. The van der Waals surface area contributed by atoms with E-state index in [1.54, 1.807) is 0 Å². The second-order valence-electron chi connectivity index (χ2n) is 7.57. The Kier molecular flexibility index (Phi) is 6.47. The molecule has 0 spiro atoms. The van der Waals surface area contributed by atoms with Gasteiger partial charge >= 0.3 is 0 Å². The minimum absolute atomic E-state index is 0.0252. The molecule has 3 nitrogen and oxygen atoms in total. The summed E-state index contributed by atoms with van der Waals surface area (Å²) in [5, 5.41) is 3.05. The number of rotatable bonds is 6. The van der Waals surface area contributed by atoms with E-state index in [1.165, 1.54) is 16.7 Å². The van der Waals surface area contributed by atoms with Crippen molar-refractivity contribution < 1.29 is 9.53 Å². The van der Waals surface area contributed by atoms with Crippen molar-refractivity contribution in [1.29, 1.82) is 0 Å². The van der Waals surface area contributed by atoms with E-state index >= 15 is 0 Å². The first kappa shape index (κ1) is 20.0. The quantitative estimate of drug-likeness (QED) is 0.765. The standard InChI is InChI=1S/C23H31NO2/c1-14(2)20-9-8-15(3)10-22(20)26-13-23(25)24-19(7)21-12-17(5)16(4)11-18(21)6/h8-12,14,19H,13H2,1-7H3,(H,24,25)/t19-/m1/s1. The third-order valence-electron chi connectivity index (χ3n) is 4.88. The van der Waals surface area contributed by atoms with E-state index in [4.69, 9.17) is 4.74 Å². The predicted octanol–water partition coefficient (Wildman–Crippen LogP) is 5.30. The molecule has 1 N–H and O–H groups in total. The van der Waals surface area contributed by atoms with E-state index in [0.717, 1.165) is 22.4 Å². The normalized spacial score (nSPS) is 12.2. The van der Waals surface area contributed by atoms with Crippen LogP contribution >= 0.6 is 0 Å². The van der Waals surface area contributed by atoms with Crippen LogP contribution in [-0.4, -0.2) is 12.5 Å². The van der Waals surface area contributed by atoms with Crippen LogP contribution in [0.3, 0.4) is 0 Å². The lowest BCUT2D eigenvalue weighted by Crippen LogP contribution is -2.31. The second kappa shape index (κ2) is 8.39. The van der Waals surface area contributed by atoms with Crippen molar-refractivity contribution in [2.75, 3.05) is 6.61 Å². The molecule has 2 rings (SSSR count). The summed E-state index contributed by atoms with van der Waals surface area (Å²) < 4.78 is 5.84. The molecule has 0 bridgehead atoms. The van der Waals surface area contributed by atoms with Crippen molar-refractivity contribution in [2.24, 2.45) is 0 Å². The summed E-state index contributed by atoms with van der Waals surface area (Å²) in [6, 6.07) is 10.4. The molecule has 1 amide bonds. The van der Waals surface area contributed by atoms with Gasteiger partial charge in [0.25, 0.3) is 5.91 Å². The molecular weight excluding hydrogens is 322 g/mol. The van der Waals surface area contributed by atoms with Crippen LogP contribution in [0.25, 0.3) is 0 Å². The summed E-state index contributed by atoms with van der Waals surface area (Å²) in [6.45, 7) is 14.6. The molecule has 0 aliphatic carbocycles. The molecule has 0 saturated heterocycles. The lowest BCUT2D eigenvalue weighted by atomic mass is 9.96. The molecule has 0 radical (unpaired) electrons. The number of ether oxygens (including phenoxy) is 1. The SMILES string of the molecule is Cc1ccc(C(C)C)c(OCC(=O)N[C@H](C)c2cc(C)c(C)cc2C)c1. The van der Waals surface area contributed by atoms with Gasteiger partial charge in [-0.15, -0.1) is 0 Å². The highest BCUT2D eigenvalue weighted by Crippen LogP contribution is 2.27. The predicted molar refractivity (Wildman–Crippen MR) is 108 cm³/mol. The maximum absolute atomic E-state index is 12.4. The van der Waals surface area contributed by atoms with Crippen molar-refractivity contribution in [2.45, 2.75) is 60.4 Å². The lowest BCUT2D eigenvalue weighted by molar-refractivity contribution is -0.123. The average Bonchev–Trinajstić information content (AvgIpc) is 2.55. The van der Waals surface area contributed by atoms with Crippen molar-refractivity contribution in [3.63, 3.8) is 0 Å². The Labute approximate surface area is 157 Å². The smallest absolute Gasteiger partial charge is 0.258 e. The molecule has 0 aliphatic heterocycles. The van der Waals surface area contributed by atoms with E-state index in [-0.39, 0.29) is 18.6 Å². The highest BCUT2D eigenvalue weighted by Gasteiger charge is 2.15. The summed E-state index contributed by atoms with van der Waals surface area (Å²) in [6.07, 6.45) is 0. The molecule has 0 unspecified atom stereocenters. The Morgan fingerprint density at radius 2 is 1.58 bits per heavy atom. The van der Waals surface area contributed by atoms with E-state index in [9.17, 15) is 4.79 Å². The van der Waals surface area contributed by atoms with Gasteiger partial charge in [0.2, 0.25) is 0 Å². The molecule has 0 saturated carbocycles. The molecule has 0 aromatic heterocycles. The molecule has 140 valence electrons. The molecule has 0 aliphatic rings. The zero-order valence-electron chi connectivity index (χ0n) is 17.1. The van der Waals surface area contributed by atoms with E-state index in [0.29, 0.717) is 5.92 Å². The van der Waals surface area contributed by atoms with Gasteiger partial charge in [0.05, 0.1) is 6.04 Å². The average molecular weight is 354 g/mol. The third kappa shape index (κ3) is 4.87. The van der Waals surface area contributed by atoms with E-state index in [2.05, 4.69) is 64.2 Å². The number of carbonyl (C=O) groups is 1. The number of hydrogen-bond acceptors (Lipinski definition) is 2. The topological polar surface area (TPSA) is 38.3 Å². The van der Waals surface area contributed by atoms with Gasteiger partial charge in [-0.3, -0.25) is 4.79 Å². The molecule has 2 aromatic carbocycles. The van der Waals surface area contributed by atoms with Gasteiger partial charge < -0.3 is 10.1 Å². The number of aryl methyl sites for hydroxylation is 4. The van der Waals surface area contributed by atoms with Crippen LogP contribution in [0, 0.1) is 27.7 Å². The molecule has 3 heteroatoms. The molecule has 0 heterocycles. The number of amides is 1. The van der Waals surface area contributed by atoms with Gasteiger partial charge in [0.15, 0.2) is 6.61 Å². The van der Waals surface area contributed by atoms with Crippen molar-refractivity contribution in [1.82, 2.24) is 5.32 Å². The molecule has 0 fully saturated rings. The summed E-state index contributed by atoms with van der Waals surface area (Å²) >= 11 is 0. The van der Waals surface area contributed by atoms with E-state index < -0.39 is 0 Å². The number of nitrogens with one attached hydrogen (secondary N) is 1. The Bertz CT molecular complexity index is 793. The van der Waals surface area contributed by atoms with Gasteiger partial charge in [0.1, 0.15) is 5.75 Å². The minimum Gasteiger partial charge on any atom is -0.483 e. The fourth-order valence-electron chi connectivity index (χ4n) is 3.20. The fourth-order valence-corrected chi connectivity index (χ4v) is 3.20. The van der Waals surface area contributed by atoms with Crippen LogP contribution in [0.15, 0.2) is 30.3 Å². The van der Waals surface area contributed by atoms with Gasteiger partial charge in [-0.2, -0.15) is 0 Å². The van der Waals surface area contributed by atoms with Crippen molar-refractivity contribution in [3.8, 4) is 5.75 Å². The van der Waals surface area contributed by atoms with Gasteiger partial charge in [-0.1, -0.05) is 38.1 Å². The van der Waals surface area contributed by atoms with Crippen LogP contribution in [0.1, 0.15) is 66.1 Å². The van der Waals surface area contributed by atoms with Gasteiger partial charge in [-0.05, 0) is 80.0 Å². The summed E-state index contributed by atoms with van der Waals surface area (Å²) in [5.74, 6) is 1.04. The van der Waals surface area contributed by atoms with Crippen LogP contribution in [0.5, 0.6) is 5.75 Å². The monoisotopic (exact) mass is 353 g/mol. The Balaban J connectivity index is 2.04. The minimum atomic E-state index is -0.105. The van der Waals surface area contributed by atoms with Crippen LogP contribution in [0.4, 0.5) is 0 Å². The fraction of sp³-hybridized carbons (Fsp3) is 0.435. The largest absolute Gasteiger partial charge is 0.483 e. The van der Waals surface area contributed by atoms with Crippen molar-refractivity contribution in [3.05, 3.63) is 63.7 Å². The number of hydrogen-bond donors (Lipinski definition) is 1. The maximum Gasteiger partial charge on any atom is 0.258 e. The summed E-state index contributed by atoms with van der Waals surface area (Å²) in [7, 11) is 0. The highest BCUT2D eigenvalue weighted by atomic mass is 16.5. The Morgan fingerprint density at radius 1 is 0.923 bits per heavy atom. The first-order valence-electron chi connectivity index (χ1n) is 9.29. The molecule has 1 atom stereocenters. The van der Waals surface area contributed by atoms with Gasteiger partial charge in [0, 0.05) is 0 Å². The number of benzene rings is 2. The number of carbonyl (C=O) groups excluding carboxylic acids is 1. The first-order chi connectivity index (χ1) is 12.2. The zero-order chi connectivity index (χ0) is 19.4. The van der Waals surface area contributed by atoms with Gasteiger partial charge in [-0.25, -0.2) is 0 Å². The lowest BCUT2D eigenvalue weighted by Gasteiger charge is -2.19. The summed E-state index contributed by atoms with van der Waals surface area (Å²) in [5.41, 5.74) is 7.12. The van der Waals surface area contributed by atoms with E-state index in [1.807, 2.05) is 19.9 Å². The Hall–Kier alpha value is -2.29. The third-order valence-corrected chi connectivity index (χ3v) is 4.88. The molecular formula is C23H31NO2. The van der Waals surface area contributed by atoms with Crippen LogP contribution in [0.2, 0.25) is 0 Å². The second-order valence-corrected chi connectivity index (χ2v) is 7.57. The summed E-state index contributed by atoms with van der Waals surface area (Å²) in [4.78, 5) is 12.4.